The molecule has 3 aliphatic heterocycles. The second kappa shape index (κ2) is 12.8. The molecule has 13 nitrogen and oxygen atoms in total. The van der Waals surface area contributed by atoms with E-state index >= 15 is 0 Å². The lowest BCUT2D eigenvalue weighted by Gasteiger charge is -2.64. The maximum atomic E-state index is 12.5. The van der Waals surface area contributed by atoms with Gasteiger partial charge in [0.25, 0.3) is 0 Å². The van der Waals surface area contributed by atoms with E-state index in [0.29, 0.717) is 18.4 Å². The van der Waals surface area contributed by atoms with Crippen LogP contribution in [0.5, 0.6) is 0 Å². The largest absolute Gasteiger partial charge is 0.458 e. The molecule has 0 bridgehead atoms. The molecule has 4 aliphatic carbocycles. The third-order valence-electron chi connectivity index (χ3n) is 14.2. The zero-order valence-electron chi connectivity index (χ0n) is 28.1. The van der Waals surface area contributed by atoms with Crippen LogP contribution in [0.15, 0.2) is 11.6 Å². The zero-order valence-corrected chi connectivity index (χ0v) is 28.1. The molecule has 18 atom stereocenters. The molecular weight excluding hydrogens is 628 g/mol. The molecule has 48 heavy (non-hydrogen) atoms. The molecule has 7 N–H and O–H groups in total. The number of aliphatic hydroxyl groups excluding tert-OH is 6. The molecule has 13 heteroatoms. The number of rotatable bonds is 6. The minimum atomic E-state index is -1.58. The number of esters is 1. The molecule has 7 rings (SSSR count). The Morgan fingerprint density at radius 1 is 0.854 bits per heavy atom. The Morgan fingerprint density at radius 3 is 2.35 bits per heavy atom. The van der Waals surface area contributed by atoms with E-state index in [9.17, 15) is 40.5 Å². The van der Waals surface area contributed by atoms with Crippen LogP contribution in [-0.4, -0.2) is 128 Å². The smallest absolute Gasteiger partial charge is 0.331 e. The molecule has 3 heterocycles. The van der Waals surface area contributed by atoms with Crippen molar-refractivity contribution in [2.75, 3.05) is 13.2 Å². The molecule has 0 spiro atoms. The normalized spacial score (nSPS) is 55.3. The summed E-state index contributed by atoms with van der Waals surface area (Å²) in [5.41, 5.74) is -0.0437. The van der Waals surface area contributed by atoms with Crippen LogP contribution in [0.2, 0.25) is 0 Å². The molecule has 4 saturated carbocycles. The van der Waals surface area contributed by atoms with Gasteiger partial charge >= 0.3 is 5.97 Å². The fourth-order valence-corrected chi connectivity index (χ4v) is 11.3. The van der Waals surface area contributed by atoms with Crippen molar-refractivity contribution in [1.82, 2.24) is 0 Å². The fourth-order valence-electron chi connectivity index (χ4n) is 11.3. The highest BCUT2D eigenvalue weighted by Crippen LogP contribution is 2.70. The monoisotopic (exact) mass is 682 g/mol. The average Bonchev–Trinajstić information content (AvgIpc) is 3.60. The van der Waals surface area contributed by atoms with Crippen molar-refractivity contribution in [1.29, 1.82) is 0 Å². The maximum Gasteiger partial charge on any atom is 0.331 e. The lowest BCUT2D eigenvalue weighted by atomic mass is 9.43. The first-order valence-electron chi connectivity index (χ1n) is 17.9. The third kappa shape index (κ3) is 5.51. The molecular formula is C35H54O13. The van der Waals surface area contributed by atoms with E-state index in [1.54, 1.807) is 13.0 Å². The van der Waals surface area contributed by atoms with Crippen LogP contribution in [0.3, 0.4) is 0 Å². The molecule has 0 amide bonds. The summed E-state index contributed by atoms with van der Waals surface area (Å²) in [6, 6.07) is 0. The third-order valence-corrected chi connectivity index (χ3v) is 14.2. The number of carbonyl (C=O) groups is 1. The quantitative estimate of drug-likeness (QED) is 0.149. The lowest BCUT2D eigenvalue weighted by Crippen LogP contribution is -2.63. The number of hydrogen-bond acceptors (Lipinski definition) is 13. The van der Waals surface area contributed by atoms with Gasteiger partial charge in [0.2, 0.25) is 0 Å². The van der Waals surface area contributed by atoms with Crippen molar-refractivity contribution >= 4 is 5.97 Å². The van der Waals surface area contributed by atoms with E-state index in [2.05, 4.69) is 13.8 Å². The van der Waals surface area contributed by atoms with Crippen LogP contribution in [0, 0.1) is 34.5 Å². The summed E-state index contributed by atoms with van der Waals surface area (Å²) >= 11 is 0. The van der Waals surface area contributed by atoms with Crippen LogP contribution in [0.1, 0.15) is 78.6 Å². The van der Waals surface area contributed by atoms with Gasteiger partial charge in [-0.05, 0) is 99.4 Å². The Bertz CT molecular complexity index is 1250. The molecule has 0 aromatic heterocycles. The summed E-state index contributed by atoms with van der Waals surface area (Å²) in [6.07, 6.45) is -4.10. The van der Waals surface area contributed by atoms with Gasteiger partial charge in [-0.15, -0.1) is 0 Å². The second-order valence-corrected chi connectivity index (χ2v) is 16.3. The van der Waals surface area contributed by atoms with Crippen LogP contribution >= 0.6 is 0 Å². The molecule has 18 unspecified atom stereocenters. The lowest BCUT2D eigenvalue weighted by molar-refractivity contribution is -0.328. The molecule has 2 saturated heterocycles. The standard InChI is InChI=1S/C35H54O13/c1-16-30(27(39)28(40)31(42)46-16)45-15-23-25(37)26(38)29(41)32(48-23)47-19-6-9-33(2)18(13-19)4-5-22-21(33)7-10-34(3)20(8-11-35(22,34)43)17-12-24(36)44-14-17/h12,16,18-23,25-32,37-43H,4-11,13-15H2,1-3H3. The number of hydrogen-bond donors (Lipinski definition) is 7. The second-order valence-electron chi connectivity index (χ2n) is 16.3. The Labute approximate surface area is 281 Å². The minimum Gasteiger partial charge on any atom is -0.458 e. The van der Waals surface area contributed by atoms with Gasteiger partial charge in [-0.2, -0.15) is 0 Å². The molecule has 0 radical (unpaired) electrons. The fraction of sp³-hybridized carbons (Fsp3) is 0.914. The SMILES string of the molecule is CC1OC(O)C(O)C(O)C1OCC1OC(OC2CCC3(C)C(CCC4C3CCC3(C)C(C5=CC(=O)OC5)CCC43O)C2)C(O)C(O)C1O. The molecule has 7 aliphatic rings. The number of cyclic esters (lactones) is 1. The molecule has 6 fully saturated rings. The van der Waals surface area contributed by atoms with Gasteiger partial charge in [0.15, 0.2) is 12.6 Å². The Balaban J connectivity index is 0.987. The molecule has 0 aromatic carbocycles. The molecule has 272 valence electrons. The predicted molar refractivity (Wildman–Crippen MR) is 166 cm³/mol. The van der Waals surface area contributed by atoms with Crippen LogP contribution in [0.25, 0.3) is 0 Å². The summed E-state index contributed by atoms with van der Waals surface area (Å²) in [6.45, 7) is 6.21. The number of carbonyl (C=O) groups excluding carboxylic acids is 1. The topological polar surface area (TPSA) is 205 Å². The minimum absolute atomic E-state index is 0.0134. The van der Waals surface area contributed by atoms with E-state index in [1.165, 1.54) is 0 Å². The van der Waals surface area contributed by atoms with Crippen molar-refractivity contribution in [3.05, 3.63) is 11.6 Å². The Morgan fingerprint density at radius 2 is 1.62 bits per heavy atom. The van der Waals surface area contributed by atoms with E-state index in [4.69, 9.17) is 23.7 Å². The van der Waals surface area contributed by atoms with E-state index in [0.717, 1.165) is 63.4 Å². The van der Waals surface area contributed by atoms with Crippen LogP contribution in [0.4, 0.5) is 0 Å². The highest BCUT2D eigenvalue weighted by atomic mass is 16.7. The first kappa shape index (κ1) is 35.2. The van der Waals surface area contributed by atoms with Gasteiger partial charge in [-0.3, -0.25) is 0 Å². The first-order chi connectivity index (χ1) is 22.7. The summed E-state index contributed by atoms with van der Waals surface area (Å²) in [5.74, 6) is 0.758. The Kier molecular flexibility index (Phi) is 9.36. The van der Waals surface area contributed by atoms with Gasteiger partial charge in [-0.25, -0.2) is 4.79 Å². The van der Waals surface area contributed by atoms with Crippen molar-refractivity contribution in [2.24, 2.45) is 34.5 Å². The van der Waals surface area contributed by atoms with E-state index in [-0.39, 0.29) is 41.3 Å². The first-order valence-corrected chi connectivity index (χ1v) is 17.9. The van der Waals surface area contributed by atoms with Crippen LogP contribution in [-0.2, 0) is 28.5 Å². The summed E-state index contributed by atoms with van der Waals surface area (Å²) < 4.78 is 28.5. The highest BCUT2D eigenvalue weighted by molar-refractivity contribution is 5.85. The van der Waals surface area contributed by atoms with Gasteiger partial charge in [-0.1, -0.05) is 13.8 Å². The Hall–Kier alpha value is -1.23. The van der Waals surface area contributed by atoms with Crippen molar-refractivity contribution < 1.29 is 64.2 Å². The summed E-state index contributed by atoms with van der Waals surface area (Å²) in [7, 11) is 0. The van der Waals surface area contributed by atoms with Crippen LogP contribution < -0.4 is 0 Å². The number of aliphatic hydroxyl groups is 7. The summed E-state index contributed by atoms with van der Waals surface area (Å²) in [5, 5.41) is 74.9. The number of ether oxygens (including phenoxy) is 5. The van der Waals surface area contributed by atoms with Crippen molar-refractivity contribution in [3.63, 3.8) is 0 Å². The van der Waals surface area contributed by atoms with E-state index < -0.39 is 67.0 Å². The molecule has 0 aromatic rings. The van der Waals surface area contributed by atoms with Gasteiger partial charge in [0.05, 0.1) is 24.4 Å². The van der Waals surface area contributed by atoms with E-state index in [1.807, 2.05) is 0 Å². The average molecular weight is 683 g/mol. The highest BCUT2D eigenvalue weighted by Gasteiger charge is 2.68. The summed E-state index contributed by atoms with van der Waals surface area (Å²) in [4.78, 5) is 11.9. The predicted octanol–water partition coefficient (Wildman–Crippen LogP) is 0.280. The van der Waals surface area contributed by atoms with Gasteiger partial charge in [0.1, 0.15) is 49.3 Å². The van der Waals surface area contributed by atoms with Gasteiger partial charge in [0, 0.05) is 11.5 Å². The van der Waals surface area contributed by atoms with Crippen molar-refractivity contribution in [3.8, 4) is 0 Å². The van der Waals surface area contributed by atoms with Crippen molar-refractivity contribution in [2.45, 2.75) is 152 Å². The zero-order chi connectivity index (χ0) is 34.3. The number of fused-ring (bicyclic) bond motifs is 5. The maximum absolute atomic E-state index is 12.5. The van der Waals surface area contributed by atoms with Gasteiger partial charge < -0.3 is 59.4 Å².